The van der Waals surface area contributed by atoms with E-state index >= 15 is 8.78 Å². The maximum Gasteiger partial charge on any atom is 0.330 e. The van der Waals surface area contributed by atoms with Crippen molar-refractivity contribution >= 4 is 17.7 Å². The molecule has 0 aliphatic carbocycles. The highest BCUT2D eigenvalue weighted by Gasteiger charge is 2.34. The fourth-order valence-corrected chi connectivity index (χ4v) is 5.23. The van der Waals surface area contributed by atoms with Crippen molar-refractivity contribution in [3.63, 3.8) is 0 Å². The summed E-state index contributed by atoms with van der Waals surface area (Å²) < 4.78 is 37.9. The second-order valence-electron chi connectivity index (χ2n) is 9.40. The van der Waals surface area contributed by atoms with Gasteiger partial charge in [-0.2, -0.15) is 5.10 Å². The van der Waals surface area contributed by atoms with Crippen LogP contribution in [0.4, 0.5) is 14.5 Å². The van der Waals surface area contributed by atoms with Crippen molar-refractivity contribution in [3.8, 4) is 11.1 Å². The Kier molecular flexibility index (Phi) is 7.09. The number of carbonyl (C=O) groups excluding carboxylic acids is 1. The van der Waals surface area contributed by atoms with E-state index in [1.807, 2.05) is 49.8 Å². The number of anilines is 1. The summed E-state index contributed by atoms with van der Waals surface area (Å²) in [5, 5.41) is 4.28. The lowest BCUT2D eigenvalue weighted by Gasteiger charge is -2.40. The predicted octanol–water partition coefficient (Wildman–Crippen LogP) is 6.27. The number of methoxy groups -OCH3 is 1. The number of esters is 1. The molecule has 0 saturated carbocycles. The molecule has 3 aromatic carbocycles. The maximum absolute atomic E-state index is 15.8. The van der Waals surface area contributed by atoms with Gasteiger partial charge in [-0.15, -0.1) is 0 Å². The fraction of sp³-hybridized carbons (Fsp3) is 0.226. The van der Waals surface area contributed by atoms with Crippen LogP contribution in [0.3, 0.4) is 0 Å². The number of hydrogen-bond acceptors (Lipinski definition) is 4. The lowest BCUT2D eigenvalue weighted by molar-refractivity contribution is -0.134. The summed E-state index contributed by atoms with van der Waals surface area (Å²) in [6.07, 6.45) is 7.79. The van der Waals surface area contributed by atoms with Gasteiger partial charge in [0.25, 0.3) is 0 Å². The van der Waals surface area contributed by atoms with Crippen molar-refractivity contribution in [2.24, 2.45) is 7.05 Å². The van der Waals surface area contributed by atoms with Crippen LogP contribution in [0.5, 0.6) is 0 Å². The van der Waals surface area contributed by atoms with E-state index in [0.29, 0.717) is 6.54 Å². The van der Waals surface area contributed by atoms with Gasteiger partial charge in [0.15, 0.2) is 0 Å². The van der Waals surface area contributed by atoms with Gasteiger partial charge in [-0.3, -0.25) is 4.68 Å². The Hall–Kier alpha value is -4.26. The topological polar surface area (TPSA) is 47.4 Å². The second-order valence-corrected chi connectivity index (χ2v) is 9.40. The molecule has 2 heterocycles. The summed E-state index contributed by atoms with van der Waals surface area (Å²) >= 11 is 0. The monoisotopic (exact) mass is 513 g/mol. The Labute approximate surface area is 221 Å². The Morgan fingerprint density at radius 2 is 1.87 bits per heavy atom. The van der Waals surface area contributed by atoms with E-state index in [1.165, 1.54) is 25.3 Å². The van der Waals surface area contributed by atoms with Crippen LogP contribution in [-0.4, -0.2) is 29.4 Å². The van der Waals surface area contributed by atoms with Crippen molar-refractivity contribution in [3.05, 3.63) is 113 Å². The first kappa shape index (κ1) is 25.4. The van der Waals surface area contributed by atoms with Gasteiger partial charge in [-0.1, -0.05) is 43.3 Å². The van der Waals surface area contributed by atoms with E-state index in [4.69, 9.17) is 0 Å². The molecule has 0 amide bonds. The molecule has 0 radical (unpaired) electrons. The Morgan fingerprint density at radius 1 is 1.11 bits per heavy atom. The molecule has 4 aromatic rings. The number of fused-ring (bicyclic) bond motifs is 1. The Bertz CT molecular complexity index is 1500. The Balaban J connectivity index is 1.65. The standard InChI is InChI=1S/C31H29F2N3O2/c1-4-21-7-5-6-8-28(21)36-14-13-23-17-22(24-18-34-35(2)19-24)10-11-25(23)31(36)30-26(32)15-20(16-27(30)33)9-12-29(37)38-3/h5-12,15-19,31H,4,13-14H2,1-3H3/b12-9+. The van der Waals surface area contributed by atoms with Crippen molar-refractivity contribution < 1.29 is 18.3 Å². The van der Waals surface area contributed by atoms with E-state index in [1.54, 1.807) is 4.68 Å². The van der Waals surface area contributed by atoms with Gasteiger partial charge < -0.3 is 9.64 Å². The second kappa shape index (κ2) is 10.6. The average Bonchev–Trinajstić information content (AvgIpc) is 3.37. The quantitative estimate of drug-likeness (QED) is 0.225. The number of ether oxygens (including phenoxy) is 1. The van der Waals surface area contributed by atoms with Crippen LogP contribution >= 0.6 is 0 Å². The molecular formula is C31H29F2N3O2. The van der Waals surface area contributed by atoms with E-state index in [9.17, 15) is 4.79 Å². The molecule has 5 rings (SSSR count). The van der Waals surface area contributed by atoms with Crippen LogP contribution in [0.25, 0.3) is 17.2 Å². The molecule has 1 atom stereocenters. The van der Waals surface area contributed by atoms with Gasteiger partial charge in [0.1, 0.15) is 11.6 Å². The normalized spacial score (nSPS) is 15.1. The summed E-state index contributed by atoms with van der Waals surface area (Å²) in [4.78, 5) is 13.6. The zero-order valence-electron chi connectivity index (χ0n) is 21.6. The summed E-state index contributed by atoms with van der Waals surface area (Å²) in [6, 6.07) is 16.0. The third-order valence-electron chi connectivity index (χ3n) is 7.08. The molecule has 1 unspecified atom stereocenters. The number of carbonyl (C=O) groups is 1. The highest BCUT2D eigenvalue weighted by molar-refractivity contribution is 5.87. The van der Waals surface area contributed by atoms with Crippen molar-refractivity contribution in [2.75, 3.05) is 18.6 Å². The van der Waals surface area contributed by atoms with Crippen LogP contribution in [0.2, 0.25) is 0 Å². The van der Waals surface area contributed by atoms with Gasteiger partial charge in [-0.05, 0) is 64.9 Å². The minimum atomic E-state index is -0.664. The van der Waals surface area contributed by atoms with Crippen LogP contribution < -0.4 is 4.90 Å². The summed E-state index contributed by atoms with van der Waals surface area (Å²) in [5.41, 5.74) is 6.24. The molecule has 0 bridgehead atoms. The Morgan fingerprint density at radius 3 is 2.55 bits per heavy atom. The molecule has 5 nitrogen and oxygen atoms in total. The maximum atomic E-state index is 15.8. The van der Waals surface area contributed by atoms with E-state index < -0.39 is 23.6 Å². The lowest BCUT2D eigenvalue weighted by atomic mass is 9.85. The SMILES string of the molecule is CCc1ccccc1N1CCc2cc(-c3cnn(C)c3)ccc2C1c1c(F)cc(/C=C/C(=O)OC)cc1F. The van der Waals surface area contributed by atoms with E-state index in [0.717, 1.165) is 52.4 Å². The number of benzene rings is 3. The van der Waals surface area contributed by atoms with Crippen LogP contribution in [0.1, 0.15) is 40.8 Å². The molecule has 7 heteroatoms. The zero-order valence-corrected chi connectivity index (χ0v) is 21.6. The van der Waals surface area contributed by atoms with Crippen LogP contribution in [-0.2, 0) is 29.4 Å². The highest BCUT2D eigenvalue weighted by Crippen LogP contribution is 2.42. The number of halogens is 2. The number of nitrogens with zero attached hydrogens (tertiary/aromatic N) is 3. The van der Waals surface area contributed by atoms with Crippen LogP contribution in [0.15, 0.2) is 73.1 Å². The molecular weight excluding hydrogens is 484 g/mol. The first-order valence-corrected chi connectivity index (χ1v) is 12.6. The van der Waals surface area contributed by atoms with Crippen molar-refractivity contribution in [2.45, 2.75) is 25.8 Å². The minimum absolute atomic E-state index is 0.0128. The number of rotatable bonds is 6. The molecule has 0 saturated heterocycles. The smallest absolute Gasteiger partial charge is 0.330 e. The van der Waals surface area contributed by atoms with Gasteiger partial charge in [-0.25, -0.2) is 13.6 Å². The number of para-hydroxylation sites is 1. The van der Waals surface area contributed by atoms with Crippen LogP contribution in [0, 0.1) is 11.6 Å². The molecule has 1 aromatic heterocycles. The summed E-state index contributed by atoms with van der Waals surface area (Å²) in [6.45, 7) is 2.68. The number of hydrogen-bond donors (Lipinski definition) is 0. The first-order chi connectivity index (χ1) is 18.4. The summed E-state index contributed by atoms with van der Waals surface area (Å²) in [5.74, 6) is -1.92. The summed E-state index contributed by atoms with van der Waals surface area (Å²) in [7, 11) is 3.12. The molecule has 38 heavy (non-hydrogen) atoms. The molecule has 1 aliphatic rings. The minimum Gasteiger partial charge on any atom is -0.466 e. The molecule has 0 spiro atoms. The van der Waals surface area contributed by atoms with E-state index in [2.05, 4.69) is 33.8 Å². The zero-order chi connectivity index (χ0) is 26.8. The van der Waals surface area contributed by atoms with Gasteiger partial charge in [0.2, 0.25) is 0 Å². The number of aryl methyl sites for hydroxylation is 2. The molecule has 194 valence electrons. The largest absolute Gasteiger partial charge is 0.466 e. The van der Waals surface area contributed by atoms with E-state index in [-0.39, 0.29) is 11.1 Å². The van der Waals surface area contributed by atoms with Gasteiger partial charge in [0.05, 0.1) is 24.9 Å². The predicted molar refractivity (Wildman–Crippen MR) is 145 cm³/mol. The lowest BCUT2D eigenvalue weighted by Crippen LogP contribution is -2.37. The van der Waals surface area contributed by atoms with Crippen molar-refractivity contribution in [1.29, 1.82) is 0 Å². The average molecular weight is 514 g/mol. The highest BCUT2D eigenvalue weighted by atomic mass is 19.1. The third-order valence-corrected chi connectivity index (χ3v) is 7.08. The van der Waals surface area contributed by atoms with Gasteiger partial charge >= 0.3 is 5.97 Å². The van der Waals surface area contributed by atoms with Gasteiger partial charge in [0, 0.05) is 37.1 Å². The number of aromatic nitrogens is 2. The first-order valence-electron chi connectivity index (χ1n) is 12.6. The molecule has 0 fully saturated rings. The fourth-order valence-electron chi connectivity index (χ4n) is 5.23. The van der Waals surface area contributed by atoms with Crippen molar-refractivity contribution in [1.82, 2.24) is 9.78 Å². The molecule has 1 aliphatic heterocycles. The molecule has 0 N–H and O–H groups in total. The third kappa shape index (κ3) is 4.84.